The molecule has 0 aliphatic carbocycles. The van der Waals surface area contributed by atoms with Gasteiger partial charge < -0.3 is 9.47 Å². The number of esters is 2. The fraction of sp³-hybridized carbons (Fsp3) is 0.750. The molecule has 0 aromatic carbocycles. The Balaban J connectivity index is 4.23. The highest BCUT2D eigenvalue weighted by molar-refractivity contribution is 5.78. The van der Waals surface area contributed by atoms with Crippen LogP contribution in [0.3, 0.4) is 0 Å². The number of hydrogen-bond donors (Lipinski definition) is 0. The lowest BCUT2D eigenvalue weighted by atomic mass is 10.1. The minimum absolute atomic E-state index is 0.0682. The summed E-state index contributed by atoms with van der Waals surface area (Å²) in [6, 6.07) is 0. The maximum atomic E-state index is 11.0. The average molecular weight is 174 g/mol. The van der Waals surface area contributed by atoms with E-state index >= 15 is 0 Å². The first kappa shape index (κ1) is 10.9. The highest BCUT2D eigenvalue weighted by atomic mass is 16.6. The van der Waals surface area contributed by atoms with Gasteiger partial charge in [0, 0.05) is 12.8 Å². The summed E-state index contributed by atoms with van der Waals surface area (Å²) in [6.07, 6.45) is -0.785. The van der Waals surface area contributed by atoms with E-state index in [0.29, 0.717) is 0 Å². The first-order valence-electron chi connectivity index (χ1n) is 3.74. The van der Waals surface area contributed by atoms with Gasteiger partial charge in [0.05, 0.1) is 7.11 Å². The summed E-state index contributed by atoms with van der Waals surface area (Å²) in [5.41, 5.74) is 0. The van der Waals surface area contributed by atoms with Gasteiger partial charge in [-0.2, -0.15) is 0 Å². The molecule has 0 heterocycles. The van der Waals surface area contributed by atoms with Crippen LogP contribution >= 0.6 is 0 Å². The molecule has 4 heteroatoms. The maximum Gasteiger partial charge on any atom is 0.347 e. The Bertz CT molecular complexity index is 174. The van der Waals surface area contributed by atoms with E-state index in [2.05, 4.69) is 4.74 Å². The Hall–Kier alpha value is -1.06. The van der Waals surface area contributed by atoms with Crippen LogP contribution in [0.15, 0.2) is 0 Å². The fourth-order valence-electron chi connectivity index (χ4n) is 0.751. The molecule has 12 heavy (non-hydrogen) atoms. The second kappa shape index (κ2) is 4.74. The van der Waals surface area contributed by atoms with Crippen molar-refractivity contribution in [3.63, 3.8) is 0 Å². The van der Waals surface area contributed by atoms with E-state index in [-0.39, 0.29) is 5.92 Å². The van der Waals surface area contributed by atoms with E-state index in [1.54, 1.807) is 13.8 Å². The predicted octanol–water partition coefficient (Wildman–Crippen LogP) is 0.747. The highest BCUT2D eigenvalue weighted by Crippen LogP contribution is 2.08. The smallest absolute Gasteiger partial charge is 0.347 e. The third kappa shape index (κ3) is 3.37. The SMILES string of the molecule is COC(=O)C(OC(C)=O)C(C)C. The lowest BCUT2D eigenvalue weighted by Gasteiger charge is -2.17. The zero-order valence-corrected chi connectivity index (χ0v) is 7.79. The van der Waals surface area contributed by atoms with E-state index in [0.717, 1.165) is 0 Å². The topological polar surface area (TPSA) is 52.6 Å². The van der Waals surface area contributed by atoms with Gasteiger partial charge in [-0.3, -0.25) is 4.79 Å². The summed E-state index contributed by atoms with van der Waals surface area (Å²) in [4.78, 5) is 21.5. The molecule has 0 N–H and O–H groups in total. The van der Waals surface area contributed by atoms with Crippen molar-refractivity contribution in [2.45, 2.75) is 26.9 Å². The molecular weight excluding hydrogens is 160 g/mol. The monoisotopic (exact) mass is 174 g/mol. The molecule has 1 atom stereocenters. The molecule has 4 nitrogen and oxygen atoms in total. The molecule has 0 bridgehead atoms. The number of carbonyl (C=O) groups excluding carboxylic acids is 2. The second-order valence-electron chi connectivity index (χ2n) is 2.80. The van der Waals surface area contributed by atoms with Crippen molar-refractivity contribution in [1.82, 2.24) is 0 Å². The van der Waals surface area contributed by atoms with Crippen LogP contribution in [0, 0.1) is 5.92 Å². The first-order valence-corrected chi connectivity index (χ1v) is 3.74. The van der Waals surface area contributed by atoms with E-state index < -0.39 is 18.0 Å². The van der Waals surface area contributed by atoms with Gasteiger partial charge in [0.15, 0.2) is 0 Å². The summed E-state index contributed by atoms with van der Waals surface area (Å²) < 4.78 is 9.21. The quantitative estimate of drug-likeness (QED) is 0.592. The number of rotatable bonds is 3. The summed E-state index contributed by atoms with van der Waals surface area (Å²) in [6.45, 7) is 4.83. The van der Waals surface area contributed by atoms with E-state index in [1.165, 1.54) is 14.0 Å². The summed E-state index contributed by atoms with van der Waals surface area (Å²) >= 11 is 0. The Morgan fingerprint density at radius 2 is 1.75 bits per heavy atom. The molecule has 1 unspecified atom stereocenters. The molecular formula is C8H14O4. The summed E-state index contributed by atoms with van der Waals surface area (Å²) in [7, 11) is 1.27. The molecule has 0 aromatic rings. The number of ether oxygens (including phenoxy) is 2. The maximum absolute atomic E-state index is 11.0. The van der Waals surface area contributed by atoms with Crippen LogP contribution in [0.5, 0.6) is 0 Å². The van der Waals surface area contributed by atoms with E-state index in [1.807, 2.05) is 0 Å². The van der Waals surface area contributed by atoms with Crippen molar-refractivity contribution in [3.05, 3.63) is 0 Å². The normalized spacial score (nSPS) is 12.4. The van der Waals surface area contributed by atoms with Gasteiger partial charge in [-0.25, -0.2) is 4.79 Å². The molecule has 0 aromatic heterocycles. The van der Waals surface area contributed by atoms with Crippen LogP contribution in [0.25, 0.3) is 0 Å². The lowest BCUT2D eigenvalue weighted by Crippen LogP contribution is -2.32. The van der Waals surface area contributed by atoms with Gasteiger partial charge in [0.25, 0.3) is 0 Å². The van der Waals surface area contributed by atoms with Crippen LogP contribution in [0.1, 0.15) is 20.8 Å². The van der Waals surface area contributed by atoms with E-state index in [9.17, 15) is 9.59 Å². The Morgan fingerprint density at radius 3 is 2.00 bits per heavy atom. The summed E-state index contributed by atoms with van der Waals surface area (Å²) in [5.74, 6) is -1.05. The molecule has 0 amide bonds. The van der Waals surface area contributed by atoms with Crippen molar-refractivity contribution in [2.24, 2.45) is 5.92 Å². The minimum atomic E-state index is -0.785. The van der Waals surface area contributed by atoms with Crippen LogP contribution in [-0.4, -0.2) is 25.2 Å². The molecule has 0 radical (unpaired) electrons. The molecule has 0 fully saturated rings. The van der Waals surface area contributed by atoms with Gasteiger partial charge in [-0.05, 0) is 0 Å². The van der Waals surface area contributed by atoms with Crippen LogP contribution < -0.4 is 0 Å². The van der Waals surface area contributed by atoms with Crippen molar-refractivity contribution >= 4 is 11.9 Å². The molecule has 0 spiro atoms. The van der Waals surface area contributed by atoms with Gasteiger partial charge in [0.1, 0.15) is 0 Å². The second-order valence-corrected chi connectivity index (χ2v) is 2.80. The molecule has 0 saturated carbocycles. The van der Waals surface area contributed by atoms with E-state index in [4.69, 9.17) is 4.74 Å². The average Bonchev–Trinajstić information content (AvgIpc) is 1.98. The van der Waals surface area contributed by atoms with Crippen molar-refractivity contribution in [1.29, 1.82) is 0 Å². The largest absolute Gasteiger partial charge is 0.466 e. The number of hydrogen-bond acceptors (Lipinski definition) is 4. The number of methoxy groups -OCH3 is 1. The molecule has 0 aliphatic rings. The van der Waals surface area contributed by atoms with Crippen LogP contribution in [-0.2, 0) is 19.1 Å². The molecule has 70 valence electrons. The standard InChI is InChI=1S/C8H14O4/c1-5(2)7(8(10)11-4)12-6(3)9/h5,7H,1-4H3. The van der Waals surface area contributed by atoms with Gasteiger partial charge in [0.2, 0.25) is 6.10 Å². The zero-order valence-electron chi connectivity index (χ0n) is 7.79. The van der Waals surface area contributed by atoms with Crippen molar-refractivity contribution in [3.8, 4) is 0 Å². The Labute approximate surface area is 71.8 Å². The Kier molecular flexibility index (Phi) is 4.33. The van der Waals surface area contributed by atoms with Crippen LogP contribution in [0.4, 0.5) is 0 Å². The van der Waals surface area contributed by atoms with Gasteiger partial charge in [-0.1, -0.05) is 13.8 Å². The fourth-order valence-corrected chi connectivity index (χ4v) is 0.751. The third-order valence-corrected chi connectivity index (χ3v) is 1.33. The van der Waals surface area contributed by atoms with Gasteiger partial charge >= 0.3 is 11.9 Å². The van der Waals surface area contributed by atoms with Gasteiger partial charge in [-0.15, -0.1) is 0 Å². The van der Waals surface area contributed by atoms with Crippen LogP contribution in [0.2, 0.25) is 0 Å². The lowest BCUT2D eigenvalue weighted by molar-refractivity contribution is -0.167. The molecule has 0 rings (SSSR count). The zero-order chi connectivity index (χ0) is 9.72. The predicted molar refractivity (Wildman–Crippen MR) is 42.4 cm³/mol. The third-order valence-electron chi connectivity index (χ3n) is 1.33. The highest BCUT2D eigenvalue weighted by Gasteiger charge is 2.25. The number of carbonyl (C=O) groups is 2. The summed E-state index contributed by atoms with van der Waals surface area (Å²) in [5, 5.41) is 0. The minimum Gasteiger partial charge on any atom is -0.466 e. The van der Waals surface area contributed by atoms with Crippen molar-refractivity contribution < 1.29 is 19.1 Å². The van der Waals surface area contributed by atoms with Crippen molar-refractivity contribution in [2.75, 3.05) is 7.11 Å². The molecule has 0 saturated heterocycles. The Morgan fingerprint density at radius 1 is 1.25 bits per heavy atom. The molecule has 0 aliphatic heterocycles. The first-order chi connectivity index (χ1) is 5.49.